The van der Waals surface area contributed by atoms with Crippen LogP contribution in [0.4, 0.5) is 5.82 Å². The molecule has 0 saturated carbocycles. The maximum Gasteiger partial charge on any atom is 0.137 e. The van der Waals surface area contributed by atoms with E-state index in [1.165, 1.54) is 0 Å². The van der Waals surface area contributed by atoms with E-state index in [9.17, 15) is 0 Å². The fourth-order valence-electron chi connectivity index (χ4n) is 1.79. The zero-order chi connectivity index (χ0) is 12.6. The van der Waals surface area contributed by atoms with E-state index in [1.807, 2.05) is 29.8 Å². The molecule has 2 N–H and O–H groups in total. The molecule has 17 heavy (non-hydrogen) atoms. The highest BCUT2D eigenvalue weighted by Crippen LogP contribution is 2.31. The number of nitrogen functional groups attached to an aromatic ring is 1. The first-order chi connectivity index (χ1) is 8.02. The van der Waals surface area contributed by atoms with Crippen molar-refractivity contribution in [3.63, 3.8) is 0 Å². The summed E-state index contributed by atoms with van der Waals surface area (Å²) in [6.07, 6.45) is 0. The molecule has 0 amide bonds. The average molecular weight is 359 g/mol. The van der Waals surface area contributed by atoms with Gasteiger partial charge in [0.2, 0.25) is 0 Å². The number of nitrogens with zero attached hydrogens (tertiary/aromatic N) is 2. The second-order valence-corrected chi connectivity index (χ2v) is 5.57. The van der Waals surface area contributed by atoms with Crippen molar-refractivity contribution in [3.8, 4) is 0 Å². The van der Waals surface area contributed by atoms with Gasteiger partial charge in [0.15, 0.2) is 0 Å². The van der Waals surface area contributed by atoms with Crippen molar-refractivity contribution in [2.75, 3.05) is 5.73 Å². The fraction of sp³-hybridized carbons (Fsp3) is 0.250. The van der Waals surface area contributed by atoms with Crippen molar-refractivity contribution in [1.29, 1.82) is 0 Å². The molecule has 0 radical (unpaired) electrons. The number of halogens is 2. The van der Waals surface area contributed by atoms with Crippen LogP contribution in [0.25, 0.3) is 0 Å². The van der Waals surface area contributed by atoms with E-state index in [1.54, 1.807) is 0 Å². The van der Waals surface area contributed by atoms with Crippen LogP contribution >= 0.6 is 31.9 Å². The van der Waals surface area contributed by atoms with Gasteiger partial charge in [-0.15, -0.1) is 0 Å². The molecule has 0 aliphatic rings. The molecule has 1 aromatic heterocycles. The number of nitrogens with two attached hydrogens (primary N) is 1. The Balaban J connectivity index is 2.48. The van der Waals surface area contributed by atoms with Gasteiger partial charge in [-0.3, -0.25) is 0 Å². The minimum absolute atomic E-state index is 0.0931. The number of anilines is 1. The zero-order valence-corrected chi connectivity index (χ0v) is 12.8. The van der Waals surface area contributed by atoms with E-state index < -0.39 is 0 Å². The van der Waals surface area contributed by atoms with Gasteiger partial charge in [-0.05, 0) is 41.4 Å². The average Bonchev–Trinajstić information content (AvgIpc) is 2.57. The predicted octanol–water partition coefficient (Wildman–Crippen LogP) is 3.91. The molecule has 0 fully saturated rings. The minimum Gasteiger partial charge on any atom is -0.383 e. The Hall–Kier alpha value is -0.810. The SMILES string of the molecule is Cc1nn(C(C)c2ccccc2Br)c(N)c1Br. The molecular weight excluding hydrogens is 346 g/mol. The predicted molar refractivity (Wildman–Crippen MR) is 77.0 cm³/mol. The summed E-state index contributed by atoms with van der Waals surface area (Å²) in [6.45, 7) is 4.01. The van der Waals surface area contributed by atoms with Gasteiger partial charge in [-0.2, -0.15) is 5.10 Å². The Morgan fingerprint density at radius 3 is 2.47 bits per heavy atom. The van der Waals surface area contributed by atoms with Crippen LogP contribution in [-0.2, 0) is 0 Å². The van der Waals surface area contributed by atoms with Crippen molar-refractivity contribution >= 4 is 37.7 Å². The van der Waals surface area contributed by atoms with E-state index in [4.69, 9.17) is 5.73 Å². The van der Waals surface area contributed by atoms with E-state index in [2.05, 4.69) is 49.9 Å². The Bertz CT molecular complexity index is 549. The van der Waals surface area contributed by atoms with Crippen LogP contribution in [-0.4, -0.2) is 9.78 Å². The molecular formula is C12H13Br2N3. The summed E-state index contributed by atoms with van der Waals surface area (Å²) in [5.41, 5.74) is 8.10. The standard InChI is InChI=1S/C12H13Br2N3/c1-7-11(14)12(15)17(16-7)8(2)9-5-3-4-6-10(9)13/h3-6,8H,15H2,1-2H3. The molecule has 3 nitrogen and oxygen atoms in total. The van der Waals surface area contributed by atoms with E-state index in [-0.39, 0.29) is 6.04 Å². The first-order valence-electron chi connectivity index (χ1n) is 5.27. The van der Waals surface area contributed by atoms with Crippen LogP contribution in [0.15, 0.2) is 33.2 Å². The number of aryl methyl sites for hydroxylation is 1. The summed E-state index contributed by atoms with van der Waals surface area (Å²) in [4.78, 5) is 0. The van der Waals surface area contributed by atoms with Gasteiger partial charge in [0.1, 0.15) is 5.82 Å². The fourth-order valence-corrected chi connectivity index (χ4v) is 2.66. The summed E-state index contributed by atoms with van der Waals surface area (Å²) >= 11 is 6.99. The zero-order valence-electron chi connectivity index (χ0n) is 9.61. The lowest BCUT2D eigenvalue weighted by Gasteiger charge is -2.15. The molecule has 0 aliphatic heterocycles. The highest BCUT2D eigenvalue weighted by molar-refractivity contribution is 9.11. The molecule has 0 saturated heterocycles. The molecule has 1 atom stereocenters. The number of hydrogen-bond donors (Lipinski definition) is 1. The number of hydrogen-bond acceptors (Lipinski definition) is 2. The lowest BCUT2D eigenvalue weighted by molar-refractivity contribution is 0.567. The van der Waals surface area contributed by atoms with Crippen molar-refractivity contribution in [1.82, 2.24) is 9.78 Å². The van der Waals surface area contributed by atoms with Crippen LogP contribution in [0.2, 0.25) is 0 Å². The molecule has 0 bridgehead atoms. The summed E-state index contributed by atoms with van der Waals surface area (Å²) in [5.74, 6) is 0.658. The van der Waals surface area contributed by atoms with Crippen LogP contribution < -0.4 is 5.73 Å². The Kier molecular flexibility index (Phi) is 3.58. The first kappa shape index (κ1) is 12.6. The number of aromatic nitrogens is 2. The third-order valence-corrected chi connectivity index (χ3v) is 4.47. The number of benzene rings is 1. The molecule has 2 aromatic rings. The molecule has 1 heterocycles. The second-order valence-electron chi connectivity index (χ2n) is 3.93. The monoisotopic (exact) mass is 357 g/mol. The topological polar surface area (TPSA) is 43.8 Å². The van der Waals surface area contributed by atoms with Gasteiger partial charge in [-0.1, -0.05) is 34.1 Å². The van der Waals surface area contributed by atoms with Crippen LogP contribution in [0.3, 0.4) is 0 Å². The second kappa shape index (κ2) is 4.82. The first-order valence-corrected chi connectivity index (χ1v) is 6.85. The van der Waals surface area contributed by atoms with Crippen molar-refractivity contribution < 1.29 is 0 Å². The van der Waals surface area contributed by atoms with Crippen molar-refractivity contribution in [3.05, 3.63) is 44.5 Å². The van der Waals surface area contributed by atoms with E-state index >= 15 is 0 Å². The molecule has 0 aliphatic carbocycles. The minimum atomic E-state index is 0.0931. The smallest absolute Gasteiger partial charge is 0.137 e. The molecule has 0 spiro atoms. The Morgan fingerprint density at radius 2 is 1.94 bits per heavy atom. The summed E-state index contributed by atoms with van der Waals surface area (Å²) in [6, 6.07) is 8.19. The van der Waals surface area contributed by atoms with Gasteiger partial charge in [0, 0.05) is 4.47 Å². The lowest BCUT2D eigenvalue weighted by atomic mass is 10.1. The summed E-state index contributed by atoms with van der Waals surface area (Å²) in [7, 11) is 0. The van der Waals surface area contributed by atoms with Gasteiger partial charge >= 0.3 is 0 Å². The molecule has 1 unspecified atom stereocenters. The van der Waals surface area contributed by atoms with Gasteiger partial charge in [0.05, 0.1) is 16.2 Å². The molecule has 90 valence electrons. The van der Waals surface area contributed by atoms with Crippen molar-refractivity contribution in [2.24, 2.45) is 0 Å². The quantitative estimate of drug-likeness (QED) is 0.884. The maximum absolute atomic E-state index is 6.03. The summed E-state index contributed by atoms with van der Waals surface area (Å²) < 4.78 is 3.77. The molecule has 1 aromatic carbocycles. The highest BCUT2D eigenvalue weighted by atomic mass is 79.9. The largest absolute Gasteiger partial charge is 0.383 e. The Morgan fingerprint density at radius 1 is 1.29 bits per heavy atom. The van der Waals surface area contributed by atoms with Crippen LogP contribution in [0, 0.1) is 6.92 Å². The summed E-state index contributed by atoms with van der Waals surface area (Å²) in [5, 5.41) is 4.45. The maximum atomic E-state index is 6.03. The van der Waals surface area contributed by atoms with Gasteiger partial charge in [-0.25, -0.2) is 4.68 Å². The highest BCUT2D eigenvalue weighted by Gasteiger charge is 2.17. The lowest BCUT2D eigenvalue weighted by Crippen LogP contribution is -2.12. The third kappa shape index (κ3) is 2.26. The van der Waals surface area contributed by atoms with Crippen molar-refractivity contribution in [2.45, 2.75) is 19.9 Å². The third-order valence-electron chi connectivity index (χ3n) is 2.77. The van der Waals surface area contributed by atoms with E-state index in [0.29, 0.717) is 5.82 Å². The molecule has 5 heteroatoms. The number of rotatable bonds is 2. The normalized spacial score (nSPS) is 12.7. The Labute approximate surface area is 117 Å². The van der Waals surface area contributed by atoms with E-state index in [0.717, 1.165) is 20.2 Å². The van der Waals surface area contributed by atoms with Crippen LogP contribution in [0.1, 0.15) is 24.2 Å². The molecule has 2 rings (SSSR count). The van der Waals surface area contributed by atoms with Crippen LogP contribution in [0.5, 0.6) is 0 Å². The van der Waals surface area contributed by atoms with Gasteiger partial charge < -0.3 is 5.73 Å². The van der Waals surface area contributed by atoms with Gasteiger partial charge in [0.25, 0.3) is 0 Å².